The lowest BCUT2D eigenvalue weighted by Crippen LogP contribution is -2.32. The number of nitrogens with one attached hydrogen (secondary N) is 1. The fourth-order valence-corrected chi connectivity index (χ4v) is 3.06. The zero-order valence-electron chi connectivity index (χ0n) is 10.8. The van der Waals surface area contributed by atoms with E-state index in [0.717, 1.165) is 30.2 Å². The lowest BCUT2D eigenvalue weighted by Gasteiger charge is -2.18. The van der Waals surface area contributed by atoms with Crippen molar-refractivity contribution in [3.05, 3.63) is 28.2 Å². The summed E-state index contributed by atoms with van der Waals surface area (Å²) in [6.45, 7) is 0.940. The van der Waals surface area contributed by atoms with Crippen LogP contribution in [0.25, 0.3) is 0 Å². The van der Waals surface area contributed by atoms with E-state index in [2.05, 4.69) is 33.4 Å². The molecule has 0 amide bonds. The molecule has 0 unspecified atom stereocenters. The minimum Gasteiger partial charge on any atom is -0.497 e. The van der Waals surface area contributed by atoms with Crippen LogP contribution in [0.2, 0.25) is 0 Å². The summed E-state index contributed by atoms with van der Waals surface area (Å²) in [5.74, 6) is 2.83. The molecule has 0 atom stereocenters. The first-order chi connectivity index (χ1) is 8.78. The lowest BCUT2D eigenvalue weighted by atomic mass is 10.1. The van der Waals surface area contributed by atoms with E-state index < -0.39 is 0 Å². The van der Waals surface area contributed by atoms with Gasteiger partial charge in [-0.15, -0.1) is 0 Å². The summed E-state index contributed by atoms with van der Waals surface area (Å²) in [5, 5.41) is 3.77. The first-order valence-corrected chi connectivity index (χ1v) is 7.63. The van der Waals surface area contributed by atoms with Crippen LogP contribution in [-0.4, -0.2) is 13.2 Å². The van der Waals surface area contributed by atoms with Crippen molar-refractivity contribution in [3.63, 3.8) is 0 Å². The maximum Gasteiger partial charge on any atom is 0.119 e. The third kappa shape index (κ3) is 2.89. The van der Waals surface area contributed by atoms with Crippen molar-refractivity contribution in [1.29, 1.82) is 0 Å². The van der Waals surface area contributed by atoms with Crippen LogP contribution in [0.1, 0.15) is 31.2 Å². The monoisotopic (exact) mass is 309 g/mol. The highest BCUT2D eigenvalue weighted by Crippen LogP contribution is 2.44. The highest BCUT2D eigenvalue weighted by molar-refractivity contribution is 9.10. The summed E-state index contributed by atoms with van der Waals surface area (Å²) in [6, 6.07) is 6.93. The largest absolute Gasteiger partial charge is 0.497 e. The number of methoxy groups -OCH3 is 1. The molecule has 3 rings (SSSR count). The van der Waals surface area contributed by atoms with E-state index in [0.29, 0.717) is 0 Å². The molecule has 1 aromatic carbocycles. The van der Waals surface area contributed by atoms with Crippen LogP contribution in [0, 0.1) is 11.8 Å². The number of hydrogen-bond donors (Lipinski definition) is 1. The molecule has 0 radical (unpaired) electrons. The van der Waals surface area contributed by atoms with Crippen molar-refractivity contribution in [2.24, 2.45) is 11.8 Å². The topological polar surface area (TPSA) is 21.3 Å². The molecule has 2 aliphatic carbocycles. The Morgan fingerprint density at radius 2 is 1.94 bits per heavy atom. The van der Waals surface area contributed by atoms with Gasteiger partial charge in [-0.3, -0.25) is 0 Å². The van der Waals surface area contributed by atoms with Crippen LogP contribution in [-0.2, 0) is 6.54 Å². The smallest absolute Gasteiger partial charge is 0.119 e. The highest BCUT2D eigenvalue weighted by atomic mass is 79.9. The van der Waals surface area contributed by atoms with Gasteiger partial charge in [0.15, 0.2) is 0 Å². The maximum absolute atomic E-state index is 5.29. The molecular weight excluding hydrogens is 290 g/mol. The molecule has 0 aromatic heterocycles. The summed E-state index contributed by atoms with van der Waals surface area (Å²) >= 11 is 3.62. The van der Waals surface area contributed by atoms with Crippen molar-refractivity contribution in [2.75, 3.05) is 7.11 Å². The second kappa shape index (κ2) is 5.22. The van der Waals surface area contributed by atoms with Gasteiger partial charge in [0.25, 0.3) is 0 Å². The number of hydrogen-bond acceptors (Lipinski definition) is 2. The number of rotatable bonds is 6. The van der Waals surface area contributed by atoms with Gasteiger partial charge in [0, 0.05) is 17.1 Å². The molecule has 2 fully saturated rings. The standard InChI is InChI=1S/C15H20BrNO/c1-18-13-6-7-14(16)12(8-13)9-17-15(10-2-3-10)11-4-5-11/h6-8,10-11,15,17H,2-5,9H2,1H3. The van der Waals surface area contributed by atoms with Gasteiger partial charge in [0.1, 0.15) is 5.75 Å². The first kappa shape index (κ1) is 12.5. The summed E-state index contributed by atoms with van der Waals surface area (Å²) in [7, 11) is 1.72. The van der Waals surface area contributed by atoms with Gasteiger partial charge < -0.3 is 10.1 Å². The molecule has 0 heterocycles. The third-order valence-electron chi connectivity index (χ3n) is 4.04. The van der Waals surface area contributed by atoms with Crippen LogP contribution in [0.15, 0.2) is 22.7 Å². The van der Waals surface area contributed by atoms with Crippen LogP contribution >= 0.6 is 15.9 Å². The molecule has 0 saturated heterocycles. The Bertz CT molecular complexity index is 415. The highest BCUT2D eigenvalue weighted by Gasteiger charge is 2.40. The molecule has 3 heteroatoms. The van der Waals surface area contributed by atoms with Crippen molar-refractivity contribution >= 4 is 15.9 Å². The number of ether oxygens (including phenoxy) is 1. The molecule has 0 aliphatic heterocycles. The molecule has 2 nitrogen and oxygen atoms in total. The zero-order valence-corrected chi connectivity index (χ0v) is 12.4. The van der Waals surface area contributed by atoms with Gasteiger partial charge in [-0.25, -0.2) is 0 Å². The summed E-state index contributed by atoms with van der Waals surface area (Å²) in [5.41, 5.74) is 1.29. The van der Waals surface area contributed by atoms with Gasteiger partial charge in [0.2, 0.25) is 0 Å². The van der Waals surface area contributed by atoms with Gasteiger partial charge in [-0.05, 0) is 61.3 Å². The minimum absolute atomic E-state index is 0.753. The Morgan fingerprint density at radius 1 is 1.28 bits per heavy atom. The first-order valence-electron chi connectivity index (χ1n) is 6.83. The second-order valence-electron chi connectivity index (χ2n) is 5.54. The number of halogens is 1. The SMILES string of the molecule is COc1ccc(Br)c(CNC(C2CC2)C2CC2)c1. The Labute approximate surface area is 117 Å². The molecule has 98 valence electrons. The molecule has 0 spiro atoms. The van der Waals surface area contributed by atoms with Gasteiger partial charge in [0.05, 0.1) is 7.11 Å². The number of benzene rings is 1. The van der Waals surface area contributed by atoms with E-state index in [4.69, 9.17) is 4.74 Å². The van der Waals surface area contributed by atoms with Crippen LogP contribution in [0.5, 0.6) is 5.75 Å². The molecule has 1 aromatic rings. The van der Waals surface area contributed by atoms with Gasteiger partial charge in [-0.2, -0.15) is 0 Å². The Hall–Kier alpha value is -0.540. The average molecular weight is 310 g/mol. The fraction of sp³-hybridized carbons (Fsp3) is 0.600. The van der Waals surface area contributed by atoms with Crippen LogP contribution in [0.3, 0.4) is 0 Å². The zero-order chi connectivity index (χ0) is 12.5. The Balaban J connectivity index is 1.64. The van der Waals surface area contributed by atoms with Crippen LogP contribution < -0.4 is 10.1 Å². The quantitative estimate of drug-likeness (QED) is 0.864. The third-order valence-corrected chi connectivity index (χ3v) is 4.81. The molecule has 18 heavy (non-hydrogen) atoms. The summed E-state index contributed by atoms with van der Waals surface area (Å²) < 4.78 is 6.46. The Morgan fingerprint density at radius 3 is 2.50 bits per heavy atom. The molecule has 2 saturated carbocycles. The fourth-order valence-electron chi connectivity index (χ4n) is 2.67. The van der Waals surface area contributed by atoms with Crippen LogP contribution in [0.4, 0.5) is 0 Å². The van der Waals surface area contributed by atoms with E-state index in [1.54, 1.807) is 7.11 Å². The average Bonchev–Trinajstić information content (AvgIpc) is 3.25. The molecular formula is C15H20BrNO. The van der Waals surface area contributed by atoms with E-state index in [9.17, 15) is 0 Å². The van der Waals surface area contributed by atoms with Gasteiger partial charge in [-0.1, -0.05) is 15.9 Å². The summed E-state index contributed by atoms with van der Waals surface area (Å²) in [4.78, 5) is 0. The van der Waals surface area contributed by atoms with Crippen molar-refractivity contribution in [3.8, 4) is 5.75 Å². The minimum atomic E-state index is 0.753. The van der Waals surface area contributed by atoms with E-state index in [-0.39, 0.29) is 0 Å². The van der Waals surface area contributed by atoms with E-state index in [1.807, 2.05) is 6.07 Å². The van der Waals surface area contributed by atoms with E-state index in [1.165, 1.54) is 35.7 Å². The van der Waals surface area contributed by atoms with E-state index >= 15 is 0 Å². The summed E-state index contributed by atoms with van der Waals surface area (Å²) in [6.07, 6.45) is 5.70. The van der Waals surface area contributed by atoms with Crippen molar-refractivity contribution in [1.82, 2.24) is 5.32 Å². The van der Waals surface area contributed by atoms with Crippen molar-refractivity contribution in [2.45, 2.75) is 38.3 Å². The molecule has 1 N–H and O–H groups in total. The predicted molar refractivity (Wildman–Crippen MR) is 76.8 cm³/mol. The Kier molecular flexibility index (Phi) is 3.62. The second-order valence-corrected chi connectivity index (χ2v) is 6.39. The molecule has 0 bridgehead atoms. The van der Waals surface area contributed by atoms with Crippen molar-refractivity contribution < 1.29 is 4.74 Å². The lowest BCUT2D eigenvalue weighted by molar-refractivity contribution is 0.407. The molecule has 2 aliphatic rings. The predicted octanol–water partition coefficient (Wildman–Crippen LogP) is 3.74. The maximum atomic E-state index is 5.29. The normalized spacial score (nSPS) is 19.3. The van der Waals surface area contributed by atoms with Gasteiger partial charge >= 0.3 is 0 Å².